The Labute approximate surface area is 231 Å². The van der Waals surface area contributed by atoms with Gasteiger partial charge in [0.25, 0.3) is 5.91 Å². The van der Waals surface area contributed by atoms with Crippen molar-refractivity contribution in [2.24, 2.45) is 5.10 Å². The molecule has 1 N–H and O–H groups in total. The van der Waals surface area contributed by atoms with Gasteiger partial charge < -0.3 is 18.9 Å². The van der Waals surface area contributed by atoms with Crippen molar-refractivity contribution in [2.75, 3.05) is 20.4 Å². The molecule has 0 radical (unpaired) electrons. The molecular weight excluding hydrogens is 546 g/mol. The van der Waals surface area contributed by atoms with Crippen molar-refractivity contribution in [2.45, 2.75) is 30.4 Å². The van der Waals surface area contributed by atoms with Gasteiger partial charge in [0, 0.05) is 11.6 Å². The van der Waals surface area contributed by atoms with E-state index in [9.17, 15) is 13.2 Å². The summed E-state index contributed by atoms with van der Waals surface area (Å²) >= 11 is 5.88. The van der Waals surface area contributed by atoms with Gasteiger partial charge in [0.05, 0.1) is 18.2 Å². The third kappa shape index (κ3) is 5.95. The number of carbonyl (C=O) groups excluding carboxylic acids is 1. The molecule has 3 aromatic carbocycles. The monoisotopic (exact) mass is 571 g/mol. The number of ether oxygens (including phenoxy) is 4. The second kappa shape index (κ2) is 11.5. The number of fused-ring (bicyclic) bond motifs is 1. The van der Waals surface area contributed by atoms with Crippen molar-refractivity contribution in [3.8, 4) is 23.0 Å². The van der Waals surface area contributed by atoms with Crippen molar-refractivity contribution < 1.29 is 32.2 Å². The Morgan fingerprint density at radius 2 is 1.90 bits per heavy atom. The number of carbonyl (C=O) groups is 1. The quantitative estimate of drug-likeness (QED) is 0.305. The molecule has 0 saturated carbocycles. The molecule has 5 rings (SSSR count). The summed E-state index contributed by atoms with van der Waals surface area (Å²) in [7, 11) is -2.32. The fourth-order valence-electron chi connectivity index (χ4n) is 4.35. The zero-order valence-corrected chi connectivity index (χ0v) is 22.6. The highest BCUT2D eigenvalue weighted by molar-refractivity contribution is 7.89. The first-order chi connectivity index (χ1) is 18.8. The summed E-state index contributed by atoms with van der Waals surface area (Å²) in [4.78, 5) is 12.9. The van der Waals surface area contributed by atoms with Crippen molar-refractivity contribution in [1.82, 2.24) is 9.73 Å². The van der Waals surface area contributed by atoms with Gasteiger partial charge in [-0.15, -0.1) is 0 Å². The van der Waals surface area contributed by atoms with Crippen LogP contribution < -0.4 is 24.4 Å². The normalized spacial score (nSPS) is 16.9. The molecule has 1 fully saturated rings. The third-order valence-electron chi connectivity index (χ3n) is 6.33. The molecule has 0 unspecified atom stereocenters. The zero-order valence-electron chi connectivity index (χ0n) is 21.0. The Hall–Kier alpha value is -3.80. The number of sulfonamides is 1. The Morgan fingerprint density at radius 3 is 2.69 bits per heavy atom. The van der Waals surface area contributed by atoms with Gasteiger partial charge in [-0.1, -0.05) is 17.7 Å². The molecule has 39 heavy (non-hydrogen) atoms. The van der Waals surface area contributed by atoms with E-state index in [0.717, 1.165) is 5.56 Å². The Morgan fingerprint density at radius 1 is 1.10 bits per heavy atom. The van der Waals surface area contributed by atoms with E-state index in [1.165, 1.54) is 41.9 Å². The van der Waals surface area contributed by atoms with Crippen molar-refractivity contribution in [3.05, 3.63) is 76.8 Å². The van der Waals surface area contributed by atoms with Gasteiger partial charge in [0.15, 0.2) is 23.0 Å². The molecule has 1 saturated heterocycles. The van der Waals surface area contributed by atoms with Crippen LogP contribution in [0.15, 0.2) is 70.7 Å². The molecule has 2 heterocycles. The fraction of sp³-hybridized carbons (Fsp3) is 0.259. The Balaban J connectivity index is 1.20. The van der Waals surface area contributed by atoms with Gasteiger partial charge in [-0.25, -0.2) is 13.8 Å². The maximum absolute atomic E-state index is 13.1. The lowest BCUT2D eigenvalue weighted by atomic mass is 10.2. The van der Waals surface area contributed by atoms with Crippen molar-refractivity contribution >= 4 is 33.7 Å². The lowest BCUT2D eigenvalue weighted by molar-refractivity contribution is -0.124. The van der Waals surface area contributed by atoms with Gasteiger partial charge in [-0.3, -0.25) is 4.79 Å². The first kappa shape index (κ1) is 26.8. The maximum Gasteiger partial charge on any atom is 0.258 e. The summed E-state index contributed by atoms with van der Waals surface area (Å²) in [5.74, 6) is 1.90. The number of benzene rings is 3. The second-order valence-corrected chi connectivity index (χ2v) is 11.2. The third-order valence-corrected chi connectivity index (χ3v) is 8.51. The molecule has 3 aromatic rings. The number of methoxy groups -OCH3 is 1. The largest absolute Gasteiger partial charge is 0.493 e. The van der Waals surface area contributed by atoms with Gasteiger partial charge in [-0.2, -0.15) is 9.41 Å². The minimum atomic E-state index is -3.85. The smallest absolute Gasteiger partial charge is 0.258 e. The summed E-state index contributed by atoms with van der Waals surface area (Å²) in [5, 5.41) is 4.46. The molecule has 2 aliphatic rings. The van der Waals surface area contributed by atoms with E-state index in [1.54, 1.807) is 18.2 Å². The number of rotatable bonds is 9. The van der Waals surface area contributed by atoms with Crippen LogP contribution in [0.1, 0.15) is 24.0 Å². The SMILES string of the molecule is COc1cc(/C=N\NC(=O)[C@H]2CCCN2S(=O)(=O)c2ccc(Cl)cc2)ccc1OCc1ccc2c(c1)OCO2. The average molecular weight is 572 g/mol. The molecule has 12 heteroatoms. The minimum absolute atomic E-state index is 0.0861. The molecule has 2 aliphatic heterocycles. The number of amides is 1. The summed E-state index contributed by atoms with van der Waals surface area (Å²) in [5.41, 5.74) is 4.03. The molecule has 0 aliphatic carbocycles. The van der Waals surface area contributed by atoms with Crippen LogP contribution in [-0.2, 0) is 21.4 Å². The van der Waals surface area contributed by atoms with Gasteiger partial charge in [0.2, 0.25) is 16.8 Å². The van der Waals surface area contributed by atoms with Crippen LogP contribution >= 0.6 is 11.6 Å². The van der Waals surface area contributed by atoms with Gasteiger partial charge in [-0.05, 0) is 78.6 Å². The lowest BCUT2D eigenvalue weighted by Crippen LogP contribution is -2.44. The van der Waals surface area contributed by atoms with E-state index in [4.69, 9.17) is 30.5 Å². The maximum atomic E-state index is 13.1. The zero-order chi connectivity index (χ0) is 27.4. The fourth-order valence-corrected chi connectivity index (χ4v) is 6.13. The summed E-state index contributed by atoms with van der Waals surface area (Å²) in [6.07, 6.45) is 2.42. The highest BCUT2D eigenvalue weighted by atomic mass is 35.5. The lowest BCUT2D eigenvalue weighted by Gasteiger charge is -2.22. The van der Waals surface area contributed by atoms with Crippen LogP contribution in [0.5, 0.6) is 23.0 Å². The van der Waals surface area contributed by atoms with Crippen LogP contribution in [0.25, 0.3) is 0 Å². The molecular formula is C27H26ClN3O7S. The second-order valence-electron chi connectivity index (χ2n) is 8.85. The topological polar surface area (TPSA) is 116 Å². The predicted octanol–water partition coefficient (Wildman–Crippen LogP) is 3.96. The van der Waals surface area contributed by atoms with E-state index < -0.39 is 22.0 Å². The number of hydrogen-bond acceptors (Lipinski definition) is 8. The first-order valence-electron chi connectivity index (χ1n) is 12.1. The van der Waals surface area contributed by atoms with Crippen molar-refractivity contribution in [1.29, 1.82) is 0 Å². The molecule has 204 valence electrons. The highest BCUT2D eigenvalue weighted by Crippen LogP contribution is 2.34. The molecule has 0 aromatic heterocycles. The highest BCUT2D eigenvalue weighted by Gasteiger charge is 2.39. The number of nitrogens with one attached hydrogen (secondary N) is 1. The van der Waals surface area contributed by atoms with Crippen LogP contribution in [-0.4, -0.2) is 51.3 Å². The van der Waals surface area contributed by atoms with Gasteiger partial charge >= 0.3 is 0 Å². The van der Waals surface area contributed by atoms with E-state index in [-0.39, 0.29) is 18.2 Å². The standard InChI is InChI=1S/C27H26ClN3O7S/c1-35-25-13-18(4-10-23(25)36-16-19-5-11-24-26(14-19)38-17-37-24)15-29-30-27(32)22-3-2-12-31(22)39(33,34)21-8-6-20(28)7-9-21/h4-11,13-15,22H,2-3,12,16-17H2,1H3,(H,30,32)/b29-15-/t22-/m1/s1. The summed E-state index contributed by atoms with van der Waals surface area (Å²) < 4.78 is 49.5. The predicted molar refractivity (Wildman–Crippen MR) is 144 cm³/mol. The van der Waals surface area contributed by atoms with Gasteiger partial charge in [0.1, 0.15) is 12.6 Å². The van der Waals surface area contributed by atoms with Crippen LogP contribution in [0.4, 0.5) is 0 Å². The van der Waals surface area contributed by atoms with Crippen LogP contribution in [0.2, 0.25) is 5.02 Å². The molecule has 0 spiro atoms. The summed E-state index contributed by atoms with van der Waals surface area (Å²) in [6.45, 7) is 0.753. The minimum Gasteiger partial charge on any atom is -0.493 e. The molecule has 1 atom stereocenters. The number of nitrogens with zero attached hydrogens (tertiary/aromatic N) is 2. The van der Waals surface area contributed by atoms with E-state index in [1.807, 2.05) is 18.2 Å². The van der Waals surface area contributed by atoms with Crippen LogP contribution in [0, 0.1) is 0 Å². The number of halogens is 1. The summed E-state index contributed by atoms with van der Waals surface area (Å²) in [6, 6.07) is 15.8. The first-order valence-corrected chi connectivity index (χ1v) is 14.0. The van der Waals surface area contributed by atoms with E-state index in [0.29, 0.717) is 53.0 Å². The Kier molecular flexibility index (Phi) is 7.92. The van der Waals surface area contributed by atoms with E-state index in [2.05, 4.69) is 10.5 Å². The van der Waals surface area contributed by atoms with Crippen LogP contribution in [0.3, 0.4) is 0 Å². The molecule has 0 bridgehead atoms. The van der Waals surface area contributed by atoms with E-state index >= 15 is 0 Å². The number of hydrazone groups is 1. The molecule has 10 nitrogen and oxygen atoms in total. The number of hydrogen-bond donors (Lipinski definition) is 1. The van der Waals surface area contributed by atoms with Crippen molar-refractivity contribution in [3.63, 3.8) is 0 Å². The average Bonchev–Trinajstić information content (AvgIpc) is 3.62. The molecule has 1 amide bonds. The Bertz CT molecular complexity index is 1500.